The monoisotopic (exact) mass is 272 g/mol. The SMILES string of the molecule is Cc1cc(Cl)c2nc(Cc3ccc(N)cc3)nn2c1. The molecule has 0 saturated carbocycles. The number of hydrogen-bond acceptors (Lipinski definition) is 3. The topological polar surface area (TPSA) is 56.2 Å². The van der Waals surface area contributed by atoms with Crippen LogP contribution < -0.4 is 5.73 Å². The van der Waals surface area contributed by atoms with Gasteiger partial charge in [-0.15, -0.1) is 0 Å². The van der Waals surface area contributed by atoms with Crippen LogP contribution in [-0.2, 0) is 6.42 Å². The summed E-state index contributed by atoms with van der Waals surface area (Å²) < 4.78 is 1.73. The Hall–Kier alpha value is -2.07. The minimum Gasteiger partial charge on any atom is -0.399 e. The van der Waals surface area contributed by atoms with Crippen LogP contribution in [0.4, 0.5) is 5.69 Å². The van der Waals surface area contributed by atoms with Gasteiger partial charge in [-0.25, -0.2) is 9.50 Å². The summed E-state index contributed by atoms with van der Waals surface area (Å²) in [6.45, 7) is 1.98. The molecule has 0 aliphatic carbocycles. The van der Waals surface area contributed by atoms with Crippen molar-refractivity contribution in [1.29, 1.82) is 0 Å². The lowest BCUT2D eigenvalue weighted by Gasteiger charge is -1.97. The maximum atomic E-state index is 6.16. The number of benzene rings is 1. The largest absolute Gasteiger partial charge is 0.399 e. The molecule has 1 aromatic carbocycles. The van der Waals surface area contributed by atoms with E-state index >= 15 is 0 Å². The molecule has 0 amide bonds. The van der Waals surface area contributed by atoms with Crippen molar-refractivity contribution >= 4 is 22.9 Å². The van der Waals surface area contributed by atoms with E-state index in [2.05, 4.69) is 10.1 Å². The smallest absolute Gasteiger partial charge is 0.174 e. The molecular formula is C14H13ClN4. The first-order valence-corrected chi connectivity index (χ1v) is 6.35. The van der Waals surface area contributed by atoms with Gasteiger partial charge in [0.1, 0.15) is 0 Å². The number of anilines is 1. The predicted octanol–water partition coefficient (Wildman–Crippen LogP) is 2.86. The van der Waals surface area contributed by atoms with E-state index in [1.807, 2.05) is 43.5 Å². The van der Waals surface area contributed by atoms with Gasteiger partial charge in [0.15, 0.2) is 11.5 Å². The van der Waals surface area contributed by atoms with E-state index in [4.69, 9.17) is 17.3 Å². The van der Waals surface area contributed by atoms with Crippen LogP contribution >= 0.6 is 11.6 Å². The van der Waals surface area contributed by atoms with Gasteiger partial charge in [0, 0.05) is 18.3 Å². The van der Waals surface area contributed by atoms with Gasteiger partial charge >= 0.3 is 0 Å². The molecule has 4 nitrogen and oxygen atoms in total. The molecule has 0 unspecified atom stereocenters. The Balaban J connectivity index is 1.97. The molecule has 5 heteroatoms. The molecule has 0 atom stereocenters. The maximum Gasteiger partial charge on any atom is 0.174 e. The maximum absolute atomic E-state index is 6.16. The van der Waals surface area contributed by atoms with Gasteiger partial charge < -0.3 is 5.73 Å². The third-order valence-electron chi connectivity index (χ3n) is 2.91. The van der Waals surface area contributed by atoms with E-state index in [9.17, 15) is 0 Å². The summed E-state index contributed by atoms with van der Waals surface area (Å²) >= 11 is 6.16. The number of aryl methyl sites for hydroxylation is 1. The zero-order valence-corrected chi connectivity index (χ0v) is 11.2. The van der Waals surface area contributed by atoms with Gasteiger partial charge in [0.2, 0.25) is 0 Å². The number of halogens is 1. The zero-order chi connectivity index (χ0) is 13.4. The summed E-state index contributed by atoms with van der Waals surface area (Å²) in [6.07, 6.45) is 2.58. The second-order valence-electron chi connectivity index (χ2n) is 4.58. The molecular weight excluding hydrogens is 260 g/mol. The van der Waals surface area contributed by atoms with Crippen LogP contribution in [0.2, 0.25) is 5.02 Å². The molecule has 0 saturated heterocycles. The Morgan fingerprint density at radius 2 is 2.00 bits per heavy atom. The molecule has 0 bridgehead atoms. The van der Waals surface area contributed by atoms with Crippen molar-refractivity contribution in [2.24, 2.45) is 0 Å². The van der Waals surface area contributed by atoms with E-state index in [-0.39, 0.29) is 0 Å². The normalized spacial score (nSPS) is 11.1. The molecule has 96 valence electrons. The molecule has 0 radical (unpaired) electrons. The first-order chi connectivity index (χ1) is 9.11. The van der Waals surface area contributed by atoms with E-state index in [1.165, 1.54) is 0 Å². The highest BCUT2D eigenvalue weighted by molar-refractivity contribution is 6.33. The molecule has 2 heterocycles. The van der Waals surface area contributed by atoms with Crippen molar-refractivity contribution in [3.8, 4) is 0 Å². The van der Waals surface area contributed by atoms with Crippen LogP contribution in [0.25, 0.3) is 5.65 Å². The standard InChI is InChI=1S/C14H13ClN4/c1-9-6-12(15)14-17-13(18-19(14)8-9)7-10-2-4-11(16)5-3-10/h2-6,8H,7,16H2,1H3. The van der Waals surface area contributed by atoms with E-state index < -0.39 is 0 Å². The number of nitrogens with two attached hydrogens (primary N) is 1. The van der Waals surface area contributed by atoms with Crippen LogP contribution in [0.3, 0.4) is 0 Å². The van der Waals surface area contributed by atoms with Crippen molar-refractivity contribution in [3.05, 3.63) is 58.5 Å². The van der Waals surface area contributed by atoms with E-state index in [0.29, 0.717) is 17.1 Å². The summed E-state index contributed by atoms with van der Waals surface area (Å²) in [4.78, 5) is 4.46. The quantitative estimate of drug-likeness (QED) is 0.730. The van der Waals surface area contributed by atoms with Crippen molar-refractivity contribution in [2.75, 3.05) is 5.73 Å². The molecule has 3 aromatic rings. The number of nitrogen functional groups attached to an aromatic ring is 1. The molecule has 0 aliphatic rings. The van der Waals surface area contributed by atoms with E-state index in [1.54, 1.807) is 4.52 Å². The summed E-state index contributed by atoms with van der Waals surface area (Å²) in [5.74, 6) is 0.747. The summed E-state index contributed by atoms with van der Waals surface area (Å²) in [7, 11) is 0. The third-order valence-corrected chi connectivity index (χ3v) is 3.19. The molecule has 0 aliphatic heterocycles. The van der Waals surface area contributed by atoms with E-state index in [0.717, 1.165) is 22.6 Å². The van der Waals surface area contributed by atoms with Crippen molar-refractivity contribution in [3.63, 3.8) is 0 Å². The van der Waals surface area contributed by atoms with Gasteiger partial charge in [-0.1, -0.05) is 23.7 Å². The average molecular weight is 273 g/mol. The number of aromatic nitrogens is 3. The summed E-state index contributed by atoms with van der Waals surface area (Å²) in [5.41, 5.74) is 9.29. The Bertz CT molecular complexity index is 731. The van der Waals surface area contributed by atoms with Crippen LogP contribution in [0.15, 0.2) is 36.5 Å². The minimum absolute atomic E-state index is 0.621. The van der Waals surface area contributed by atoms with Crippen molar-refractivity contribution in [2.45, 2.75) is 13.3 Å². The molecule has 19 heavy (non-hydrogen) atoms. The number of hydrogen-bond donors (Lipinski definition) is 1. The van der Waals surface area contributed by atoms with Crippen LogP contribution in [0.1, 0.15) is 17.0 Å². The van der Waals surface area contributed by atoms with Crippen LogP contribution in [0.5, 0.6) is 0 Å². The van der Waals surface area contributed by atoms with Gasteiger partial charge in [0.05, 0.1) is 5.02 Å². The fourth-order valence-electron chi connectivity index (χ4n) is 2.01. The number of fused-ring (bicyclic) bond motifs is 1. The van der Waals surface area contributed by atoms with Crippen LogP contribution in [-0.4, -0.2) is 14.6 Å². The van der Waals surface area contributed by atoms with Crippen LogP contribution in [0, 0.1) is 6.92 Å². The second kappa shape index (κ2) is 4.55. The van der Waals surface area contributed by atoms with Crippen molar-refractivity contribution in [1.82, 2.24) is 14.6 Å². The number of rotatable bonds is 2. The first kappa shape index (κ1) is 12.0. The number of pyridine rings is 1. The Morgan fingerprint density at radius 3 is 2.74 bits per heavy atom. The molecule has 3 rings (SSSR count). The average Bonchev–Trinajstić information content (AvgIpc) is 2.75. The van der Waals surface area contributed by atoms with Gasteiger partial charge in [0.25, 0.3) is 0 Å². The lowest BCUT2D eigenvalue weighted by molar-refractivity contribution is 0.895. The molecule has 2 aromatic heterocycles. The third kappa shape index (κ3) is 2.39. The van der Waals surface area contributed by atoms with Crippen molar-refractivity contribution < 1.29 is 0 Å². The number of nitrogens with zero attached hydrogens (tertiary/aromatic N) is 3. The fraction of sp³-hybridized carbons (Fsp3) is 0.143. The van der Waals surface area contributed by atoms with Gasteiger partial charge in [-0.05, 0) is 36.2 Å². The first-order valence-electron chi connectivity index (χ1n) is 5.97. The zero-order valence-electron chi connectivity index (χ0n) is 10.5. The lowest BCUT2D eigenvalue weighted by Crippen LogP contribution is -1.93. The Kier molecular flexibility index (Phi) is 2.87. The van der Waals surface area contributed by atoms with Gasteiger partial charge in [-0.2, -0.15) is 5.10 Å². The van der Waals surface area contributed by atoms with Gasteiger partial charge in [-0.3, -0.25) is 0 Å². The summed E-state index contributed by atoms with van der Waals surface area (Å²) in [5, 5.41) is 5.06. The Labute approximate surface area is 115 Å². The summed E-state index contributed by atoms with van der Waals surface area (Å²) in [6, 6.07) is 9.60. The second-order valence-corrected chi connectivity index (χ2v) is 4.99. The predicted molar refractivity (Wildman–Crippen MR) is 76.4 cm³/mol. The molecule has 2 N–H and O–H groups in total. The minimum atomic E-state index is 0.621. The molecule has 0 spiro atoms. The highest BCUT2D eigenvalue weighted by Gasteiger charge is 2.08. The highest BCUT2D eigenvalue weighted by atomic mass is 35.5. The molecule has 0 fully saturated rings. The highest BCUT2D eigenvalue weighted by Crippen LogP contribution is 2.18. The Morgan fingerprint density at radius 1 is 1.26 bits per heavy atom. The lowest BCUT2D eigenvalue weighted by atomic mass is 10.1. The fourth-order valence-corrected chi connectivity index (χ4v) is 2.31.